The Hall–Kier alpha value is -3.23. The summed E-state index contributed by atoms with van der Waals surface area (Å²) >= 11 is 0. The maximum atomic E-state index is 15.2. The van der Waals surface area contributed by atoms with Gasteiger partial charge >= 0.3 is 0 Å². The molecule has 0 atom stereocenters. The van der Waals surface area contributed by atoms with E-state index in [9.17, 15) is 13.2 Å². The summed E-state index contributed by atoms with van der Waals surface area (Å²) < 4.78 is 57.9. The molecule has 5 nitrogen and oxygen atoms in total. The van der Waals surface area contributed by atoms with E-state index >= 15 is 4.39 Å². The fourth-order valence-electron chi connectivity index (χ4n) is 4.71. The second-order valence-corrected chi connectivity index (χ2v) is 9.53. The van der Waals surface area contributed by atoms with Crippen LogP contribution in [0, 0.1) is 24.0 Å². The van der Waals surface area contributed by atoms with Crippen molar-refractivity contribution in [2.75, 3.05) is 11.4 Å². The molecule has 2 aromatic heterocycles. The summed E-state index contributed by atoms with van der Waals surface area (Å²) in [5.74, 6) is -0.836. The molecule has 0 amide bonds. The van der Waals surface area contributed by atoms with Crippen LogP contribution in [0.25, 0.3) is 16.7 Å². The lowest BCUT2D eigenvalue weighted by molar-refractivity contribution is 0.0143. The van der Waals surface area contributed by atoms with Crippen molar-refractivity contribution >= 4 is 28.2 Å². The molecule has 0 fully saturated rings. The molecule has 0 saturated heterocycles. The Kier molecular flexibility index (Phi) is 5.45. The monoisotopic (exact) mass is 471 g/mol. The number of nitrogens with zero attached hydrogens (tertiary/aromatic N) is 5. The molecule has 2 aromatic carbocycles. The third-order valence-corrected chi connectivity index (χ3v) is 6.78. The number of halogens is 4. The standard InChI is InChI=1S/C25H25F4N5/c1-14-31-32-24-30-22(20-19(34(14)24)10-9-17(26)21(20)27)33-13-5-7-16-15(6-4-8-18(16)33)11-12-25(2,3)23(28)29/h4,6,8-10,23H,5,7,11-13H2,1-3H3. The van der Waals surface area contributed by atoms with E-state index in [1.165, 1.54) is 6.07 Å². The maximum absolute atomic E-state index is 15.2. The minimum atomic E-state index is -2.41. The smallest absolute Gasteiger partial charge is 0.257 e. The quantitative estimate of drug-likeness (QED) is 0.327. The van der Waals surface area contributed by atoms with E-state index in [1.54, 1.807) is 25.2 Å². The Morgan fingerprint density at radius 1 is 1.09 bits per heavy atom. The predicted molar refractivity (Wildman–Crippen MR) is 123 cm³/mol. The second-order valence-electron chi connectivity index (χ2n) is 9.53. The number of aromatic nitrogens is 4. The van der Waals surface area contributed by atoms with Gasteiger partial charge in [-0.2, -0.15) is 4.98 Å². The maximum Gasteiger partial charge on any atom is 0.257 e. The lowest BCUT2D eigenvalue weighted by Gasteiger charge is -2.33. The van der Waals surface area contributed by atoms with Crippen molar-refractivity contribution in [3.8, 4) is 0 Å². The van der Waals surface area contributed by atoms with Crippen LogP contribution >= 0.6 is 0 Å². The molecule has 1 aliphatic rings. The van der Waals surface area contributed by atoms with Crippen molar-refractivity contribution in [1.82, 2.24) is 19.6 Å². The van der Waals surface area contributed by atoms with Crippen LogP contribution in [0.15, 0.2) is 30.3 Å². The van der Waals surface area contributed by atoms with Crippen molar-refractivity contribution in [2.24, 2.45) is 5.41 Å². The van der Waals surface area contributed by atoms with Crippen LogP contribution in [0.2, 0.25) is 0 Å². The van der Waals surface area contributed by atoms with Gasteiger partial charge in [0.1, 0.15) is 11.6 Å². The van der Waals surface area contributed by atoms with Gasteiger partial charge in [0.25, 0.3) is 5.78 Å². The first-order valence-electron chi connectivity index (χ1n) is 11.3. The molecule has 0 unspecified atom stereocenters. The minimum absolute atomic E-state index is 0.0625. The number of rotatable bonds is 5. The summed E-state index contributed by atoms with van der Waals surface area (Å²) in [7, 11) is 0. The Morgan fingerprint density at radius 3 is 2.65 bits per heavy atom. The first kappa shape index (κ1) is 22.6. The van der Waals surface area contributed by atoms with Gasteiger partial charge in [0.15, 0.2) is 11.6 Å². The third kappa shape index (κ3) is 3.58. The summed E-state index contributed by atoms with van der Waals surface area (Å²) in [5, 5.41) is 8.23. The van der Waals surface area contributed by atoms with Gasteiger partial charge in [-0.3, -0.25) is 4.40 Å². The lowest BCUT2D eigenvalue weighted by atomic mass is 9.84. The number of fused-ring (bicyclic) bond motifs is 4. The van der Waals surface area contributed by atoms with Crippen molar-refractivity contribution in [2.45, 2.75) is 52.9 Å². The predicted octanol–water partition coefficient (Wildman–Crippen LogP) is 6.17. The molecule has 0 N–H and O–H groups in total. The van der Waals surface area contributed by atoms with Crippen molar-refractivity contribution in [1.29, 1.82) is 0 Å². The van der Waals surface area contributed by atoms with E-state index in [-0.39, 0.29) is 11.2 Å². The van der Waals surface area contributed by atoms with Gasteiger partial charge in [-0.25, -0.2) is 17.6 Å². The van der Waals surface area contributed by atoms with E-state index in [4.69, 9.17) is 0 Å². The van der Waals surface area contributed by atoms with Crippen LogP contribution in [0.4, 0.5) is 29.1 Å². The molecule has 0 saturated carbocycles. The average Bonchev–Trinajstić information content (AvgIpc) is 3.19. The molecular formula is C25H25F4N5. The summed E-state index contributed by atoms with van der Waals surface area (Å²) in [6.45, 7) is 5.43. The van der Waals surface area contributed by atoms with Crippen LogP contribution in [0.3, 0.4) is 0 Å². The number of benzene rings is 2. The minimum Gasteiger partial charge on any atom is -0.325 e. The van der Waals surface area contributed by atoms with Gasteiger partial charge < -0.3 is 4.90 Å². The molecule has 1 aliphatic heterocycles. The number of alkyl halides is 2. The summed E-state index contributed by atoms with van der Waals surface area (Å²) in [5.41, 5.74) is 2.20. The molecule has 0 aliphatic carbocycles. The molecule has 9 heteroatoms. The Bertz CT molecular complexity index is 1400. The Balaban J connectivity index is 1.66. The first-order chi connectivity index (χ1) is 16.2. The zero-order valence-corrected chi connectivity index (χ0v) is 19.2. The number of anilines is 2. The highest BCUT2D eigenvalue weighted by Gasteiger charge is 2.31. The number of aryl methyl sites for hydroxylation is 2. The molecule has 34 heavy (non-hydrogen) atoms. The van der Waals surface area contributed by atoms with Gasteiger partial charge in [-0.1, -0.05) is 26.0 Å². The zero-order valence-electron chi connectivity index (χ0n) is 19.2. The molecule has 0 radical (unpaired) electrons. The average molecular weight is 472 g/mol. The van der Waals surface area contributed by atoms with E-state index in [0.717, 1.165) is 35.7 Å². The van der Waals surface area contributed by atoms with Crippen LogP contribution in [-0.4, -0.2) is 32.6 Å². The lowest BCUT2D eigenvalue weighted by Crippen LogP contribution is -2.27. The van der Waals surface area contributed by atoms with Crippen molar-refractivity contribution in [3.05, 3.63) is 58.9 Å². The van der Waals surface area contributed by atoms with E-state index < -0.39 is 23.5 Å². The van der Waals surface area contributed by atoms with E-state index in [1.807, 2.05) is 23.1 Å². The van der Waals surface area contributed by atoms with Gasteiger partial charge in [-0.15, -0.1) is 10.2 Å². The first-order valence-corrected chi connectivity index (χ1v) is 11.3. The molecular weight excluding hydrogens is 446 g/mol. The Labute approximate surface area is 194 Å². The molecule has 0 bridgehead atoms. The van der Waals surface area contributed by atoms with Gasteiger partial charge in [-0.05, 0) is 61.9 Å². The van der Waals surface area contributed by atoms with Gasteiger partial charge in [0, 0.05) is 17.6 Å². The molecule has 178 valence electrons. The van der Waals surface area contributed by atoms with Crippen LogP contribution in [0.1, 0.15) is 43.6 Å². The molecule has 5 rings (SSSR count). The topological polar surface area (TPSA) is 46.3 Å². The van der Waals surface area contributed by atoms with Gasteiger partial charge in [0.2, 0.25) is 6.43 Å². The highest BCUT2D eigenvalue weighted by Crippen LogP contribution is 2.40. The zero-order chi connectivity index (χ0) is 24.2. The number of hydrogen-bond donors (Lipinski definition) is 0. The SMILES string of the molecule is Cc1nnc2nc(N3CCCc4c(CCC(C)(C)C(F)F)cccc43)c3c(F)c(F)ccc3n12. The fourth-order valence-corrected chi connectivity index (χ4v) is 4.71. The summed E-state index contributed by atoms with van der Waals surface area (Å²) in [6.07, 6.45) is -0.0197. The van der Waals surface area contributed by atoms with Crippen molar-refractivity contribution in [3.63, 3.8) is 0 Å². The van der Waals surface area contributed by atoms with Gasteiger partial charge in [0.05, 0.1) is 10.9 Å². The molecule has 0 spiro atoms. The Morgan fingerprint density at radius 2 is 1.88 bits per heavy atom. The van der Waals surface area contributed by atoms with E-state index in [2.05, 4.69) is 15.2 Å². The highest BCUT2D eigenvalue weighted by atomic mass is 19.3. The van der Waals surface area contributed by atoms with E-state index in [0.29, 0.717) is 36.5 Å². The van der Waals surface area contributed by atoms with Crippen LogP contribution in [0.5, 0.6) is 0 Å². The molecule has 4 aromatic rings. The summed E-state index contributed by atoms with van der Waals surface area (Å²) in [4.78, 5) is 6.48. The number of hydrogen-bond acceptors (Lipinski definition) is 4. The van der Waals surface area contributed by atoms with Crippen molar-refractivity contribution < 1.29 is 17.6 Å². The normalized spacial score (nSPS) is 14.4. The second kappa shape index (κ2) is 8.21. The molecule has 3 heterocycles. The highest BCUT2D eigenvalue weighted by molar-refractivity contribution is 5.94. The third-order valence-electron chi connectivity index (χ3n) is 6.78. The van der Waals surface area contributed by atoms with Crippen LogP contribution in [-0.2, 0) is 12.8 Å². The summed E-state index contributed by atoms with van der Waals surface area (Å²) in [6, 6.07) is 8.35. The largest absolute Gasteiger partial charge is 0.325 e. The van der Waals surface area contributed by atoms with Crippen LogP contribution < -0.4 is 4.90 Å². The fraction of sp³-hybridized carbons (Fsp3) is 0.400.